The molecule has 2 rings (SSSR count). The fourth-order valence-electron chi connectivity index (χ4n) is 1.33. The lowest BCUT2D eigenvalue weighted by Crippen LogP contribution is -2.01. The third kappa shape index (κ3) is 2.84. The second-order valence-corrected chi connectivity index (χ2v) is 4.42. The van der Waals surface area contributed by atoms with Crippen LogP contribution in [0.1, 0.15) is 21.1 Å². The molecule has 1 aromatic heterocycles. The van der Waals surface area contributed by atoms with Crippen molar-refractivity contribution < 1.29 is 9.90 Å². The minimum atomic E-state index is -1.02. The largest absolute Gasteiger partial charge is 0.476 e. The molecule has 0 saturated heterocycles. The van der Waals surface area contributed by atoms with Crippen LogP contribution >= 0.6 is 11.3 Å². The van der Waals surface area contributed by atoms with E-state index in [4.69, 9.17) is 10.4 Å². The highest BCUT2D eigenvalue weighted by Crippen LogP contribution is 2.14. The summed E-state index contributed by atoms with van der Waals surface area (Å²) in [6.07, 6.45) is 0. The Balaban J connectivity index is 1.98. The minimum Gasteiger partial charge on any atom is -0.476 e. The van der Waals surface area contributed by atoms with E-state index in [2.05, 4.69) is 10.3 Å². The molecule has 1 aromatic carbocycles. The molecule has 0 aliphatic heterocycles. The summed E-state index contributed by atoms with van der Waals surface area (Å²) in [6, 6.07) is 9.06. The highest BCUT2D eigenvalue weighted by Gasteiger charge is 2.07. The number of rotatable bonds is 4. The van der Waals surface area contributed by atoms with E-state index < -0.39 is 5.97 Å². The van der Waals surface area contributed by atoms with E-state index in [0.29, 0.717) is 17.1 Å². The second kappa shape index (κ2) is 5.29. The van der Waals surface area contributed by atoms with E-state index >= 15 is 0 Å². The molecule has 18 heavy (non-hydrogen) atoms. The van der Waals surface area contributed by atoms with Crippen molar-refractivity contribution in [2.45, 2.75) is 6.54 Å². The van der Waals surface area contributed by atoms with Gasteiger partial charge in [-0.25, -0.2) is 9.78 Å². The number of hydrogen-bond acceptors (Lipinski definition) is 5. The topological polar surface area (TPSA) is 86.0 Å². The van der Waals surface area contributed by atoms with Crippen LogP contribution in [0.2, 0.25) is 0 Å². The van der Waals surface area contributed by atoms with Gasteiger partial charge in [0.2, 0.25) is 0 Å². The van der Waals surface area contributed by atoms with Gasteiger partial charge in [0.15, 0.2) is 5.69 Å². The first kappa shape index (κ1) is 12.1. The van der Waals surface area contributed by atoms with Gasteiger partial charge in [0.25, 0.3) is 0 Å². The Kier molecular flexibility index (Phi) is 3.55. The smallest absolute Gasteiger partial charge is 0.355 e. The van der Waals surface area contributed by atoms with Gasteiger partial charge in [-0.3, -0.25) is 0 Å². The Bertz CT molecular complexity index is 599. The highest BCUT2D eigenvalue weighted by atomic mass is 32.1. The molecule has 5 nitrogen and oxygen atoms in total. The van der Waals surface area contributed by atoms with Gasteiger partial charge < -0.3 is 10.4 Å². The fourth-order valence-corrected chi connectivity index (χ4v) is 2.04. The zero-order valence-corrected chi connectivity index (χ0v) is 10.1. The number of aromatic nitrogens is 1. The van der Waals surface area contributed by atoms with Crippen LogP contribution in [0, 0.1) is 11.3 Å². The Hall–Kier alpha value is -2.39. The van der Waals surface area contributed by atoms with Crippen molar-refractivity contribution in [3.05, 3.63) is 45.9 Å². The zero-order valence-electron chi connectivity index (χ0n) is 9.25. The van der Waals surface area contributed by atoms with Crippen LogP contribution in [0.4, 0.5) is 5.69 Å². The van der Waals surface area contributed by atoms with Crippen molar-refractivity contribution >= 4 is 23.0 Å². The van der Waals surface area contributed by atoms with Crippen molar-refractivity contribution in [3.8, 4) is 6.07 Å². The Labute approximate surface area is 107 Å². The van der Waals surface area contributed by atoms with Crippen LogP contribution in [0.15, 0.2) is 29.6 Å². The molecule has 0 atom stereocenters. The summed E-state index contributed by atoms with van der Waals surface area (Å²) < 4.78 is 0. The van der Waals surface area contributed by atoms with Gasteiger partial charge in [-0.1, -0.05) is 0 Å². The van der Waals surface area contributed by atoms with Crippen molar-refractivity contribution in [2.24, 2.45) is 0 Å². The summed E-state index contributed by atoms with van der Waals surface area (Å²) >= 11 is 1.30. The summed E-state index contributed by atoms with van der Waals surface area (Å²) in [7, 11) is 0. The molecule has 6 heteroatoms. The minimum absolute atomic E-state index is 0.0663. The predicted octanol–water partition coefficient (Wildman–Crippen LogP) is 2.33. The van der Waals surface area contributed by atoms with Crippen LogP contribution in [-0.2, 0) is 6.54 Å². The molecule has 0 unspecified atom stereocenters. The third-order valence-electron chi connectivity index (χ3n) is 2.23. The number of benzene rings is 1. The van der Waals surface area contributed by atoms with Gasteiger partial charge in [0.1, 0.15) is 5.01 Å². The number of anilines is 1. The maximum absolute atomic E-state index is 10.7. The molecule has 0 saturated carbocycles. The molecule has 90 valence electrons. The first-order valence-electron chi connectivity index (χ1n) is 5.11. The average molecular weight is 259 g/mol. The quantitative estimate of drug-likeness (QED) is 0.880. The van der Waals surface area contributed by atoms with Gasteiger partial charge in [-0.2, -0.15) is 5.26 Å². The molecule has 2 N–H and O–H groups in total. The Morgan fingerprint density at radius 1 is 1.44 bits per heavy atom. The van der Waals surface area contributed by atoms with Crippen LogP contribution in [0.5, 0.6) is 0 Å². The van der Waals surface area contributed by atoms with E-state index in [1.807, 2.05) is 6.07 Å². The third-order valence-corrected chi connectivity index (χ3v) is 3.08. The van der Waals surface area contributed by atoms with Crippen molar-refractivity contribution in [1.82, 2.24) is 4.98 Å². The van der Waals surface area contributed by atoms with Gasteiger partial charge >= 0.3 is 5.97 Å². The molecule has 1 heterocycles. The SMILES string of the molecule is N#Cc1ccc(NCc2nc(C(=O)O)cs2)cc1. The van der Waals surface area contributed by atoms with Crippen LogP contribution in [0.3, 0.4) is 0 Å². The first-order valence-corrected chi connectivity index (χ1v) is 5.99. The number of carboxylic acid groups (broad SMARTS) is 1. The lowest BCUT2D eigenvalue weighted by Gasteiger charge is -2.03. The summed E-state index contributed by atoms with van der Waals surface area (Å²) in [5.41, 5.74) is 1.53. The predicted molar refractivity (Wildman–Crippen MR) is 67.6 cm³/mol. The molecule has 0 aliphatic carbocycles. The molecular formula is C12H9N3O2S. The Morgan fingerprint density at radius 2 is 2.17 bits per heavy atom. The maximum atomic E-state index is 10.7. The number of nitriles is 1. The number of thiazole rings is 1. The summed E-state index contributed by atoms with van der Waals surface area (Å²) in [6.45, 7) is 0.462. The summed E-state index contributed by atoms with van der Waals surface area (Å²) in [4.78, 5) is 14.6. The molecular weight excluding hydrogens is 250 g/mol. The van der Waals surface area contributed by atoms with E-state index in [0.717, 1.165) is 5.69 Å². The van der Waals surface area contributed by atoms with Crippen LogP contribution < -0.4 is 5.32 Å². The molecule has 2 aromatic rings. The molecule has 0 fully saturated rings. The van der Waals surface area contributed by atoms with Gasteiger partial charge in [0.05, 0.1) is 18.2 Å². The van der Waals surface area contributed by atoms with Crippen molar-refractivity contribution in [3.63, 3.8) is 0 Å². The lowest BCUT2D eigenvalue weighted by atomic mass is 10.2. The Morgan fingerprint density at radius 3 is 2.72 bits per heavy atom. The van der Waals surface area contributed by atoms with Crippen LogP contribution in [0.25, 0.3) is 0 Å². The first-order chi connectivity index (χ1) is 8.69. The number of nitrogens with one attached hydrogen (secondary N) is 1. The average Bonchev–Trinajstić information content (AvgIpc) is 2.86. The standard InChI is InChI=1S/C12H9N3O2S/c13-5-8-1-3-9(4-2-8)14-6-11-15-10(7-18-11)12(16)17/h1-4,7,14H,6H2,(H,16,17). The molecule has 0 aliphatic rings. The normalized spacial score (nSPS) is 9.72. The zero-order chi connectivity index (χ0) is 13.0. The number of nitrogens with zero attached hydrogens (tertiary/aromatic N) is 2. The van der Waals surface area contributed by atoms with Crippen LogP contribution in [-0.4, -0.2) is 16.1 Å². The number of carboxylic acids is 1. The van der Waals surface area contributed by atoms with Gasteiger partial charge in [-0.05, 0) is 24.3 Å². The monoisotopic (exact) mass is 259 g/mol. The highest BCUT2D eigenvalue weighted by molar-refractivity contribution is 7.09. The maximum Gasteiger partial charge on any atom is 0.355 e. The number of aromatic carboxylic acids is 1. The van der Waals surface area contributed by atoms with Gasteiger partial charge in [-0.15, -0.1) is 11.3 Å². The van der Waals surface area contributed by atoms with Crippen molar-refractivity contribution in [1.29, 1.82) is 5.26 Å². The molecule has 0 amide bonds. The molecule has 0 bridgehead atoms. The van der Waals surface area contributed by atoms with E-state index in [1.165, 1.54) is 16.7 Å². The van der Waals surface area contributed by atoms with Crippen molar-refractivity contribution in [2.75, 3.05) is 5.32 Å². The lowest BCUT2D eigenvalue weighted by molar-refractivity contribution is 0.0691. The van der Waals surface area contributed by atoms with Gasteiger partial charge in [0, 0.05) is 11.1 Å². The number of hydrogen-bond donors (Lipinski definition) is 2. The summed E-state index contributed by atoms with van der Waals surface area (Å²) in [5, 5.41) is 22.7. The summed E-state index contributed by atoms with van der Waals surface area (Å²) in [5.74, 6) is -1.02. The number of carbonyl (C=O) groups is 1. The van der Waals surface area contributed by atoms with E-state index in [-0.39, 0.29) is 5.69 Å². The molecule has 0 spiro atoms. The second-order valence-electron chi connectivity index (χ2n) is 3.47. The molecule has 0 radical (unpaired) electrons. The van der Waals surface area contributed by atoms with E-state index in [1.54, 1.807) is 24.3 Å². The fraction of sp³-hybridized carbons (Fsp3) is 0.0833. The van der Waals surface area contributed by atoms with E-state index in [9.17, 15) is 4.79 Å².